The topological polar surface area (TPSA) is 72.3 Å². The van der Waals surface area contributed by atoms with Crippen LogP contribution in [0.2, 0.25) is 0 Å². The molecule has 2 aromatic rings. The van der Waals surface area contributed by atoms with Gasteiger partial charge >= 0.3 is 0 Å². The highest BCUT2D eigenvalue weighted by Gasteiger charge is 2.25. The second-order valence-electron chi connectivity index (χ2n) is 7.24. The summed E-state index contributed by atoms with van der Waals surface area (Å²) in [5.74, 6) is 0.630. The van der Waals surface area contributed by atoms with Gasteiger partial charge in [-0.1, -0.05) is 24.3 Å². The van der Waals surface area contributed by atoms with E-state index in [-0.39, 0.29) is 17.5 Å². The molecule has 0 spiro atoms. The van der Waals surface area contributed by atoms with E-state index in [1.165, 1.54) is 4.90 Å². The van der Waals surface area contributed by atoms with E-state index >= 15 is 0 Å². The Hall–Kier alpha value is -3.32. The van der Waals surface area contributed by atoms with E-state index in [0.717, 1.165) is 18.7 Å². The number of carbonyl (C=O) groups is 2. The van der Waals surface area contributed by atoms with E-state index < -0.39 is 0 Å². The zero-order valence-electron chi connectivity index (χ0n) is 17.6. The summed E-state index contributed by atoms with van der Waals surface area (Å²) in [5, 5.41) is 2.81. The number of nitrogens with zero attached hydrogens (tertiary/aromatic N) is 1. The zero-order chi connectivity index (χ0) is 21.5. The lowest BCUT2D eigenvalue weighted by atomic mass is 10.1. The molecule has 7 heteroatoms. The standard InChI is InChI=1S/C23H27N3O4/c1-25-11-13-26(14-12-25)23(28)19(24-22(27)18-7-5-4-6-8-18)15-17-9-10-20(29-2)21(16-17)30-3/h4-10,15-16H,11-14H2,1-3H3,(H,24,27)/p+1/b19-15-. The highest BCUT2D eigenvalue weighted by molar-refractivity contribution is 6.05. The summed E-state index contributed by atoms with van der Waals surface area (Å²) in [5.41, 5.74) is 1.45. The molecule has 2 amide bonds. The third-order valence-corrected chi connectivity index (χ3v) is 5.14. The van der Waals surface area contributed by atoms with Crippen LogP contribution >= 0.6 is 0 Å². The summed E-state index contributed by atoms with van der Waals surface area (Å²) < 4.78 is 10.6. The summed E-state index contributed by atoms with van der Waals surface area (Å²) in [6.45, 7) is 3.05. The fraction of sp³-hybridized carbons (Fsp3) is 0.304. The lowest BCUT2D eigenvalue weighted by Gasteiger charge is -2.30. The normalized spacial score (nSPS) is 14.9. The number of piperazine rings is 1. The van der Waals surface area contributed by atoms with Gasteiger partial charge in [0.05, 0.1) is 47.4 Å². The van der Waals surface area contributed by atoms with Crippen LogP contribution in [0.5, 0.6) is 11.5 Å². The van der Waals surface area contributed by atoms with Crippen molar-refractivity contribution in [3.05, 3.63) is 65.4 Å². The summed E-state index contributed by atoms with van der Waals surface area (Å²) >= 11 is 0. The van der Waals surface area contributed by atoms with Gasteiger partial charge in [0.2, 0.25) is 0 Å². The van der Waals surface area contributed by atoms with Gasteiger partial charge in [-0.15, -0.1) is 0 Å². The van der Waals surface area contributed by atoms with Crippen molar-refractivity contribution in [2.24, 2.45) is 0 Å². The van der Waals surface area contributed by atoms with E-state index in [2.05, 4.69) is 12.4 Å². The van der Waals surface area contributed by atoms with Gasteiger partial charge in [-0.25, -0.2) is 0 Å². The zero-order valence-corrected chi connectivity index (χ0v) is 17.6. The number of hydrogen-bond acceptors (Lipinski definition) is 4. The Morgan fingerprint density at radius 2 is 1.67 bits per heavy atom. The molecule has 0 unspecified atom stereocenters. The number of amides is 2. The molecular formula is C23H28N3O4+. The van der Waals surface area contributed by atoms with Crippen molar-refractivity contribution in [3.63, 3.8) is 0 Å². The first kappa shape index (κ1) is 21.4. The molecule has 2 aromatic carbocycles. The van der Waals surface area contributed by atoms with Crippen molar-refractivity contribution in [1.29, 1.82) is 0 Å². The van der Waals surface area contributed by atoms with Crippen molar-refractivity contribution >= 4 is 17.9 Å². The molecule has 158 valence electrons. The largest absolute Gasteiger partial charge is 0.493 e. The Bertz CT molecular complexity index is 919. The van der Waals surface area contributed by atoms with Crippen LogP contribution < -0.4 is 19.7 Å². The lowest BCUT2D eigenvalue weighted by Crippen LogP contribution is -3.12. The van der Waals surface area contributed by atoms with Gasteiger partial charge in [0.1, 0.15) is 5.70 Å². The van der Waals surface area contributed by atoms with Crippen molar-refractivity contribution in [3.8, 4) is 11.5 Å². The Morgan fingerprint density at radius 1 is 1.00 bits per heavy atom. The maximum absolute atomic E-state index is 13.2. The van der Waals surface area contributed by atoms with Crippen molar-refractivity contribution < 1.29 is 24.0 Å². The third-order valence-electron chi connectivity index (χ3n) is 5.14. The summed E-state index contributed by atoms with van der Waals surface area (Å²) in [7, 11) is 5.23. The van der Waals surface area contributed by atoms with Gasteiger partial charge in [-0.3, -0.25) is 9.59 Å². The molecule has 0 radical (unpaired) electrons. The molecule has 1 heterocycles. The molecule has 30 heavy (non-hydrogen) atoms. The lowest BCUT2D eigenvalue weighted by molar-refractivity contribution is -0.883. The van der Waals surface area contributed by atoms with Crippen molar-refractivity contribution in [2.45, 2.75) is 0 Å². The molecular weight excluding hydrogens is 382 g/mol. The van der Waals surface area contributed by atoms with Crippen molar-refractivity contribution in [1.82, 2.24) is 10.2 Å². The van der Waals surface area contributed by atoms with E-state index in [1.807, 2.05) is 12.1 Å². The van der Waals surface area contributed by atoms with Gasteiger partial charge in [-0.2, -0.15) is 0 Å². The molecule has 0 bridgehead atoms. The smallest absolute Gasteiger partial charge is 0.270 e. The van der Waals surface area contributed by atoms with Gasteiger partial charge in [0.15, 0.2) is 11.5 Å². The number of hydrogen-bond donors (Lipinski definition) is 2. The molecule has 1 aliphatic heterocycles. The fourth-order valence-electron chi connectivity index (χ4n) is 3.31. The first-order valence-electron chi connectivity index (χ1n) is 9.92. The van der Waals surface area contributed by atoms with Crippen LogP contribution in [-0.4, -0.2) is 64.2 Å². The van der Waals surface area contributed by atoms with Crippen LogP contribution in [0.25, 0.3) is 6.08 Å². The molecule has 1 fully saturated rings. The predicted molar refractivity (Wildman–Crippen MR) is 115 cm³/mol. The Labute approximate surface area is 176 Å². The number of nitrogens with one attached hydrogen (secondary N) is 2. The quantitative estimate of drug-likeness (QED) is 0.692. The first-order valence-corrected chi connectivity index (χ1v) is 9.92. The fourth-order valence-corrected chi connectivity index (χ4v) is 3.31. The maximum Gasteiger partial charge on any atom is 0.270 e. The number of ether oxygens (including phenoxy) is 2. The van der Waals surface area contributed by atoms with Gasteiger partial charge in [0, 0.05) is 5.56 Å². The highest BCUT2D eigenvalue weighted by atomic mass is 16.5. The number of methoxy groups -OCH3 is 2. The summed E-state index contributed by atoms with van der Waals surface area (Å²) in [6, 6.07) is 14.2. The third kappa shape index (κ3) is 5.18. The number of benzene rings is 2. The molecule has 0 atom stereocenters. The van der Waals surface area contributed by atoms with Crippen LogP contribution in [0, 0.1) is 0 Å². The van der Waals surface area contributed by atoms with E-state index in [1.54, 1.807) is 61.6 Å². The monoisotopic (exact) mass is 410 g/mol. The van der Waals surface area contributed by atoms with E-state index in [9.17, 15) is 9.59 Å². The Kier molecular flexibility index (Phi) is 7.08. The Morgan fingerprint density at radius 3 is 2.30 bits per heavy atom. The predicted octanol–water partition coefficient (Wildman–Crippen LogP) is 0.832. The molecule has 0 aliphatic carbocycles. The average Bonchev–Trinajstić information content (AvgIpc) is 2.79. The summed E-state index contributed by atoms with van der Waals surface area (Å²) in [4.78, 5) is 29.1. The molecule has 1 saturated heterocycles. The molecule has 0 saturated carbocycles. The molecule has 3 rings (SSSR count). The van der Waals surface area contributed by atoms with Crippen molar-refractivity contribution in [2.75, 3.05) is 47.4 Å². The minimum absolute atomic E-state index is 0.193. The molecule has 7 nitrogen and oxygen atoms in total. The SMILES string of the molecule is COc1ccc(/C=C(\NC(=O)c2ccccc2)C(=O)N2CC[NH+](C)CC2)cc1OC. The van der Waals surface area contributed by atoms with Crippen LogP contribution in [0.15, 0.2) is 54.2 Å². The minimum atomic E-state index is -0.324. The van der Waals surface area contributed by atoms with Gasteiger partial charge in [0.25, 0.3) is 11.8 Å². The van der Waals surface area contributed by atoms with Gasteiger partial charge < -0.3 is 24.6 Å². The number of carbonyl (C=O) groups excluding carboxylic acids is 2. The van der Waals surface area contributed by atoms with Crippen LogP contribution in [0.1, 0.15) is 15.9 Å². The number of quaternary nitrogens is 1. The second-order valence-corrected chi connectivity index (χ2v) is 7.24. The van der Waals surface area contributed by atoms with Crippen LogP contribution in [0.4, 0.5) is 0 Å². The first-order chi connectivity index (χ1) is 14.5. The second kappa shape index (κ2) is 9.93. The van der Waals surface area contributed by atoms with Crippen LogP contribution in [-0.2, 0) is 4.79 Å². The maximum atomic E-state index is 13.2. The Balaban J connectivity index is 1.91. The average molecular weight is 410 g/mol. The highest BCUT2D eigenvalue weighted by Crippen LogP contribution is 2.28. The van der Waals surface area contributed by atoms with E-state index in [0.29, 0.717) is 30.2 Å². The minimum Gasteiger partial charge on any atom is -0.493 e. The molecule has 2 N–H and O–H groups in total. The molecule has 1 aliphatic rings. The van der Waals surface area contributed by atoms with E-state index in [4.69, 9.17) is 9.47 Å². The summed E-state index contributed by atoms with van der Waals surface area (Å²) in [6.07, 6.45) is 1.68. The number of likely N-dealkylation sites (N-methyl/N-ethyl adjacent to an activating group) is 1. The van der Waals surface area contributed by atoms with Gasteiger partial charge in [-0.05, 0) is 35.9 Å². The number of rotatable bonds is 6. The van der Waals surface area contributed by atoms with Crippen LogP contribution in [0.3, 0.4) is 0 Å². The molecule has 0 aromatic heterocycles.